The smallest absolute Gasteiger partial charge is 0.133 e. The number of aliphatic hydroxyl groups excluding tert-OH is 2. The number of carbonyl (C=O) groups excluding carboxylic acids is 1. The van der Waals surface area contributed by atoms with Gasteiger partial charge in [0, 0.05) is 12.8 Å². The van der Waals surface area contributed by atoms with E-state index in [2.05, 4.69) is 13.8 Å². The minimum absolute atomic E-state index is 0.00975. The lowest BCUT2D eigenvalue weighted by Crippen LogP contribution is -2.58. The van der Waals surface area contributed by atoms with Gasteiger partial charge in [-0.15, -0.1) is 0 Å². The van der Waals surface area contributed by atoms with E-state index in [1.165, 1.54) is 0 Å². The van der Waals surface area contributed by atoms with E-state index in [0.717, 1.165) is 44.9 Å². The maximum Gasteiger partial charge on any atom is 0.133 e. The monoisotopic (exact) mass is 306 g/mol. The Kier molecular flexibility index (Phi) is 3.30. The van der Waals surface area contributed by atoms with Crippen LogP contribution in [0.4, 0.5) is 0 Å². The SMILES string of the molecule is C[C@]12CC[C@H]3[C@@H]([C@@H](O)CC4CC(=O)CC[C@@]43C)[C@@H]1CC[C@@H]2O. The minimum Gasteiger partial charge on any atom is -0.393 e. The van der Waals surface area contributed by atoms with E-state index in [4.69, 9.17) is 0 Å². The maximum atomic E-state index is 11.9. The largest absolute Gasteiger partial charge is 0.393 e. The fourth-order valence-corrected chi connectivity index (χ4v) is 6.99. The molecule has 3 nitrogen and oxygen atoms in total. The van der Waals surface area contributed by atoms with Gasteiger partial charge in [0.1, 0.15) is 5.78 Å². The van der Waals surface area contributed by atoms with Crippen molar-refractivity contribution < 1.29 is 15.0 Å². The Hall–Kier alpha value is -0.410. The van der Waals surface area contributed by atoms with Crippen LogP contribution in [0, 0.1) is 34.5 Å². The average molecular weight is 306 g/mol. The summed E-state index contributed by atoms with van der Waals surface area (Å²) >= 11 is 0. The highest BCUT2D eigenvalue weighted by Gasteiger charge is 2.62. The second kappa shape index (κ2) is 4.80. The summed E-state index contributed by atoms with van der Waals surface area (Å²) in [6.45, 7) is 4.64. The Bertz CT molecular complexity index is 489. The second-order valence-corrected chi connectivity index (χ2v) is 9.18. The molecule has 0 amide bonds. The Labute approximate surface area is 133 Å². The molecule has 0 saturated heterocycles. The van der Waals surface area contributed by atoms with Gasteiger partial charge in [-0.1, -0.05) is 13.8 Å². The summed E-state index contributed by atoms with van der Waals surface area (Å²) in [6.07, 6.45) is 6.93. The van der Waals surface area contributed by atoms with Crippen molar-refractivity contribution in [2.75, 3.05) is 0 Å². The van der Waals surface area contributed by atoms with Crippen molar-refractivity contribution in [2.24, 2.45) is 34.5 Å². The zero-order chi connectivity index (χ0) is 15.7. The van der Waals surface area contributed by atoms with Gasteiger partial charge in [0.25, 0.3) is 0 Å². The van der Waals surface area contributed by atoms with Gasteiger partial charge in [0.2, 0.25) is 0 Å². The molecule has 0 aliphatic heterocycles. The molecule has 4 aliphatic rings. The van der Waals surface area contributed by atoms with Crippen LogP contribution in [0.5, 0.6) is 0 Å². The zero-order valence-corrected chi connectivity index (χ0v) is 13.9. The fourth-order valence-electron chi connectivity index (χ4n) is 6.99. The number of ketones is 1. The second-order valence-electron chi connectivity index (χ2n) is 9.18. The van der Waals surface area contributed by atoms with Crippen LogP contribution in [0.3, 0.4) is 0 Å². The van der Waals surface area contributed by atoms with Gasteiger partial charge in [-0.3, -0.25) is 4.79 Å². The highest BCUT2D eigenvalue weighted by Crippen LogP contribution is 2.65. The molecule has 0 heterocycles. The van der Waals surface area contributed by atoms with Crippen molar-refractivity contribution in [3.05, 3.63) is 0 Å². The standard InChI is InChI=1S/C19H30O3/c1-18-7-5-12(20)9-11(18)10-15(21)17-13-3-4-16(22)19(13,2)8-6-14(17)18/h11,13-17,21-22H,3-10H2,1-2H3/t11?,13-,14-,15-,16-,17-,18-,19-/m0/s1. The molecule has 0 spiro atoms. The molecule has 124 valence electrons. The molecule has 8 atom stereocenters. The molecule has 1 unspecified atom stereocenters. The van der Waals surface area contributed by atoms with Crippen LogP contribution in [0.1, 0.15) is 65.2 Å². The van der Waals surface area contributed by atoms with Gasteiger partial charge < -0.3 is 10.2 Å². The van der Waals surface area contributed by atoms with E-state index < -0.39 is 0 Å². The Morgan fingerprint density at radius 1 is 1.00 bits per heavy atom. The van der Waals surface area contributed by atoms with E-state index in [1.54, 1.807) is 0 Å². The lowest BCUT2D eigenvalue weighted by molar-refractivity contribution is -0.171. The molecule has 3 heteroatoms. The number of aliphatic hydroxyl groups is 2. The van der Waals surface area contributed by atoms with Gasteiger partial charge in [-0.25, -0.2) is 0 Å². The highest BCUT2D eigenvalue weighted by molar-refractivity contribution is 5.79. The Morgan fingerprint density at radius 3 is 2.50 bits per heavy atom. The van der Waals surface area contributed by atoms with Crippen molar-refractivity contribution in [1.82, 2.24) is 0 Å². The van der Waals surface area contributed by atoms with Crippen molar-refractivity contribution >= 4 is 5.78 Å². The van der Waals surface area contributed by atoms with Crippen LogP contribution in [-0.2, 0) is 4.79 Å². The van der Waals surface area contributed by atoms with Gasteiger partial charge >= 0.3 is 0 Å². The predicted octanol–water partition coefficient (Wildman–Crippen LogP) is 2.93. The summed E-state index contributed by atoms with van der Waals surface area (Å²) in [4.78, 5) is 11.9. The molecule has 0 aromatic heterocycles. The van der Waals surface area contributed by atoms with Crippen LogP contribution in [0.2, 0.25) is 0 Å². The van der Waals surface area contributed by atoms with E-state index >= 15 is 0 Å². The summed E-state index contributed by atoms with van der Waals surface area (Å²) in [5, 5.41) is 21.4. The lowest BCUT2D eigenvalue weighted by Gasteiger charge is -2.61. The number of fused-ring (bicyclic) bond motifs is 5. The van der Waals surface area contributed by atoms with E-state index in [9.17, 15) is 15.0 Å². The van der Waals surface area contributed by atoms with Crippen molar-refractivity contribution in [3.8, 4) is 0 Å². The molecular formula is C19H30O3. The molecule has 4 rings (SSSR count). The summed E-state index contributed by atoms with van der Waals surface area (Å²) in [7, 11) is 0. The first-order chi connectivity index (χ1) is 10.4. The highest BCUT2D eigenvalue weighted by atomic mass is 16.3. The quantitative estimate of drug-likeness (QED) is 0.723. The first-order valence-electron chi connectivity index (χ1n) is 9.24. The summed E-state index contributed by atoms with van der Waals surface area (Å²) < 4.78 is 0. The number of Topliss-reactive ketones (excluding diaryl/α,β-unsaturated/α-hetero) is 1. The summed E-state index contributed by atoms with van der Waals surface area (Å²) in [6, 6.07) is 0. The molecule has 4 fully saturated rings. The molecule has 4 saturated carbocycles. The van der Waals surface area contributed by atoms with E-state index in [0.29, 0.717) is 35.9 Å². The Balaban J connectivity index is 1.68. The van der Waals surface area contributed by atoms with Crippen molar-refractivity contribution in [2.45, 2.75) is 77.4 Å². The molecule has 4 aliphatic carbocycles. The minimum atomic E-state index is -0.274. The third-order valence-electron chi connectivity index (χ3n) is 8.45. The van der Waals surface area contributed by atoms with Crippen molar-refractivity contribution in [1.29, 1.82) is 0 Å². The van der Waals surface area contributed by atoms with Crippen LogP contribution < -0.4 is 0 Å². The fraction of sp³-hybridized carbons (Fsp3) is 0.947. The first kappa shape index (κ1) is 15.1. The van der Waals surface area contributed by atoms with Crippen molar-refractivity contribution in [3.63, 3.8) is 0 Å². The number of hydrogen-bond donors (Lipinski definition) is 2. The number of hydrogen-bond acceptors (Lipinski definition) is 3. The molecule has 2 N–H and O–H groups in total. The normalized spacial score (nSPS) is 57.9. The molecule has 0 radical (unpaired) electrons. The third-order valence-corrected chi connectivity index (χ3v) is 8.45. The van der Waals surface area contributed by atoms with Crippen LogP contribution in [0.15, 0.2) is 0 Å². The van der Waals surface area contributed by atoms with Gasteiger partial charge in [0.05, 0.1) is 12.2 Å². The Morgan fingerprint density at radius 2 is 1.73 bits per heavy atom. The van der Waals surface area contributed by atoms with Crippen LogP contribution in [0.25, 0.3) is 0 Å². The summed E-state index contributed by atoms with van der Waals surface area (Å²) in [5.41, 5.74) is 0.239. The summed E-state index contributed by atoms with van der Waals surface area (Å²) in [5.74, 6) is 2.11. The molecule has 0 aromatic carbocycles. The molecule has 22 heavy (non-hydrogen) atoms. The predicted molar refractivity (Wildman–Crippen MR) is 84.1 cm³/mol. The van der Waals surface area contributed by atoms with Crippen LogP contribution >= 0.6 is 0 Å². The van der Waals surface area contributed by atoms with Gasteiger partial charge in [-0.05, 0) is 73.0 Å². The molecular weight excluding hydrogens is 276 g/mol. The van der Waals surface area contributed by atoms with Gasteiger partial charge in [0.15, 0.2) is 0 Å². The maximum absolute atomic E-state index is 11.9. The van der Waals surface area contributed by atoms with Crippen LogP contribution in [-0.4, -0.2) is 28.2 Å². The molecule has 0 bridgehead atoms. The zero-order valence-electron chi connectivity index (χ0n) is 13.9. The number of carbonyl (C=O) groups is 1. The third kappa shape index (κ3) is 1.84. The average Bonchev–Trinajstić information content (AvgIpc) is 2.77. The van der Waals surface area contributed by atoms with E-state index in [1.807, 2.05) is 0 Å². The topological polar surface area (TPSA) is 57.5 Å². The lowest BCUT2D eigenvalue weighted by atomic mass is 9.44. The molecule has 0 aromatic rings. The first-order valence-corrected chi connectivity index (χ1v) is 9.24. The van der Waals surface area contributed by atoms with E-state index in [-0.39, 0.29) is 23.0 Å². The number of rotatable bonds is 0. The van der Waals surface area contributed by atoms with Gasteiger partial charge in [-0.2, -0.15) is 0 Å².